The van der Waals surface area contributed by atoms with Gasteiger partial charge < -0.3 is 14.5 Å². The van der Waals surface area contributed by atoms with E-state index >= 15 is 0 Å². The van der Waals surface area contributed by atoms with Gasteiger partial charge in [-0.25, -0.2) is 4.79 Å². The van der Waals surface area contributed by atoms with Crippen molar-refractivity contribution in [1.29, 1.82) is 0 Å². The van der Waals surface area contributed by atoms with Crippen LogP contribution in [0.15, 0.2) is 24.3 Å². The number of carbonyl (C=O) groups excluding carboxylic acids is 2. The number of nitrogens with one attached hydrogen (secondary N) is 1. The van der Waals surface area contributed by atoms with E-state index in [0.29, 0.717) is 12.2 Å². The van der Waals surface area contributed by atoms with Crippen LogP contribution in [0.3, 0.4) is 0 Å². The van der Waals surface area contributed by atoms with E-state index in [1.807, 2.05) is 6.92 Å². The van der Waals surface area contributed by atoms with Gasteiger partial charge in [-0.15, -0.1) is 0 Å². The second-order valence-corrected chi connectivity index (χ2v) is 12.5. The average Bonchev–Trinajstić information content (AvgIpc) is 2.40. The predicted octanol–water partition coefficient (Wildman–Crippen LogP) is 3.19. The van der Waals surface area contributed by atoms with Gasteiger partial charge in [-0.2, -0.15) is 0 Å². The van der Waals surface area contributed by atoms with Gasteiger partial charge in [0.15, 0.2) is 8.32 Å². The van der Waals surface area contributed by atoms with Crippen LogP contribution < -0.4 is 5.32 Å². The zero-order valence-electron chi connectivity index (χ0n) is 15.9. The summed E-state index contributed by atoms with van der Waals surface area (Å²) < 4.78 is 11.2. The Morgan fingerprint density at radius 3 is 2.42 bits per heavy atom. The third-order valence-corrected chi connectivity index (χ3v) is 9.45. The molecule has 0 radical (unpaired) electrons. The van der Waals surface area contributed by atoms with Gasteiger partial charge in [0.2, 0.25) is 5.91 Å². The highest BCUT2D eigenvalue weighted by molar-refractivity contribution is 6.74. The highest BCUT2D eigenvalue weighted by Crippen LogP contribution is 2.39. The Morgan fingerprint density at radius 1 is 1.38 bits per heavy atom. The van der Waals surface area contributed by atoms with Crippen molar-refractivity contribution in [3.8, 4) is 0 Å². The molecule has 24 heavy (non-hydrogen) atoms. The van der Waals surface area contributed by atoms with E-state index in [9.17, 15) is 9.59 Å². The van der Waals surface area contributed by atoms with Gasteiger partial charge in [0.25, 0.3) is 0 Å². The van der Waals surface area contributed by atoms with E-state index in [2.05, 4.69) is 45.8 Å². The second-order valence-electron chi connectivity index (χ2n) is 7.76. The van der Waals surface area contributed by atoms with Crippen molar-refractivity contribution in [3.63, 3.8) is 0 Å². The molecule has 136 valence electrons. The Hall–Kier alpha value is -1.40. The minimum atomic E-state index is -1.96. The molecule has 0 aromatic heterocycles. The summed E-state index contributed by atoms with van der Waals surface area (Å²) in [6.07, 6.45) is 2.75. The van der Waals surface area contributed by atoms with E-state index in [1.54, 1.807) is 13.0 Å². The minimum Gasteiger partial charge on any atom is -0.463 e. The zero-order chi connectivity index (χ0) is 18.7. The molecule has 0 aromatic rings. The first-order valence-corrected chi connectivity index (χ1v) is 11.3. The van der Waals surface area contributed by atoms with Gasteiger partial charge in [-0.1, -0.05) is 33.4 Å². The summed E-state index contributed by atoms with van der Waals surface area (Å²) in [5.74, 6) is -0.721. The van der Waals surface area contributed by atoms with Crippen LogP contribution in [0.1, 0.15) is 34.6 Å². The maximum absolute atomic E-state index is 12.0. The molecule has 1 rings (SSSR count). The fourth-order valence-corrected chi connectivity index (χ4v) is 3.82. The summed E-state index contributed by atoms with van der Waals surface area (Å²) in [5, 5.41) is 2.93. The van der Waals surface area contributed by atoms with Gasteiger partial charge in [0.1, 0.15) is 0 Å². The Morgan fingerprint density at radius 2 is 1.96 bits per heavy atom. The third kappa shape index (κ3) is 4.80. The molecule has 1 amide bonds. The highest BCUT2D eigenvalue weighted by atomic mass is 28.4. The molecule has 1 N–H and O–H groups in total. The quantitative estimate of drug-likeness (QED) is 0.251. The number of hydrogen-bond donors (Lipinski definition) is 1. The molecule has 0 aliphatic carbocycles. The third-order valence-electron chi connectivity index (χ3n) is 4.87. The first-order valence-electron chi connectivity index (χ1n) is 8.42. The lowest BCUT2D eigenvalue weighted by Gasteiger charge is -2.45. The van der Waals surface area contributed by atoms with Crippen LogP contribution in [0, 0.1) is 5.92 Å². The molecule has 0 aromatic carbocycles. The molecular weight excluding hydrogens is 322 g/mol. The first-order chi connectivity index (χ1) is 10.9. The van der Waals surface area contributed by atoms with E-state index in [0.717, 1.165) is 0 Å². The maximum Gasteiger partial charge on any atom is 0.330 e. The molecule has 0 saturated carbocycles. The molecule has 1 aliphatic rings. The van der Waals surface area contributed by atoms with Crippen LogP contribution in [0.2, 0.25) is 18.1 Å². The van der Waals surface area contributed by atoms with Gasteiger partial charge in [-0.3, -0.25) is 4.79 Å². The molecule has 0 bridgehead atoms. The number of hydrogen-bond acceptors (Lipinski definition) is 4. The maximum atomic E-state index is 12.0. The van der Waals surface area contributed by atoms with E-state index in [4.69, 9.17) is 9.16 Å². The fraction of sp³-hybridized carbons (Fsp3) is 0.667. The summed E-state index contributed by atoms with van der Waals surface area (Å²) >= 11 is 0. The molecule has 3 atom stereocenters. The lowest BCUT2D eigenvalue weighted by atomic mass is 9.82. The smallest absolute Gasteiger partial charge is 0.330 e. The van der Waals surface area contributed by atoms with Crippen LogP contribution in [0.25, 0.3) is 0 Å². The van der Waals surface area contributed by atoms with Crippen molar-refractivity contribution in [2.45, 2.75) is 64.9 Å². The van der Waals surface area contributed by atoms with Crippen LogP contribution in [0.4, 0.5) is 0 Å². The zero-order valence-corrected chi connectivity index (χ0v) is 16.9. The summed E-state index contributed by atoms with van der Waals surface area (Å²) in [4.78, 5) is 23.4. The summed E-state index contributed by atoms with van der Waals surface area (Å²) in [6, 6.07) is -0.206. The number of β-lactam (4-membered cyclic amide) rings is 1. The topological polar surface area (TPSA) is 64.6 Å². The number of ether oxygens (including phenoxy) is 1. The number of esters is 1. The van der Waals surface area contributed by atoms with E-state index in [-0.39, 0.29) is 29.0 Å². The molecule has 0 spiro atoms. The average molecular weight is 354 g/mol. The Bertz CT molecular complexity index is 534. The van der Waals surface area contributed by atoms with E-state index in [1.165, 1.54) is 6.08 Å². The van der Waals surface area contributed by atoms with Crippen LogP contribution in [0.5, 0.6) is 0 Å². The Labute approximate surface area is 146 Å². The fourth-order valence-electron chi connectivity index (χ4n) is 2.39. The van der Waals surface area contributed by atoms with Crippen molar-refractivity contribution in [3.05, 3.63) is 24.3 Å². The number of amides is 1. The van der Waals surface area contributed by atoms with Crippen molar-refractivity contribution >= 4 is 20.2 Å². The first kappa shape index (κ1) is 20.6. The standard InChI is InChI=1S/C18H31NO4Si/c1-9-22-14(20)11-10-12(2)16-15(17(21)19-16)13(3)23-24(7,8)18(4,5)6/h10-11,13,15-16H,2,9H2,1,3-8H3,(H,19,21)/b11-10+/t13-,15-,16-/m1/s1. The number of rotatable bonds is 7. The van der Waals surface area contributed by atoms with Crippen LogP contribution >= 0.6 is 0 Å². The van der Waals surface area contributed by atoms with E-state index < -0.39 is 14.3 Å². The summed E-state index contributed by atoms with van der Waals surface area (Å²) in [7, 11) is -1.96. The van der Waals surface area contributed by atoms with Gasteiger partial charge in [-0.05, 0) is 37.6 Å². The predicted molar refractivity (Wildman–Crippen MR) is 98.1 cm³/mol. The molecule has 0 unspecified atom stereocenters. The molecule has 1 saturated heterocycles. The van der Waals surface area contributed by atoms with Crippen molar-refractivity contribution in [1.82, 2.24) is 5.32 Å². The highest BCUT2D eigenvalue weighted by Gasteiger charge is 2.47. The van der Waals surface area contributed by atoms with Crippen molar-refractivity contribution < 1.29 is 18.8 Å². The van der Waals surface area contributed by atoms with Crippen LogP contribution in [-0.2, 0) is 18.8 Å². The molecule has 6 heteroatoms. The van der Waals surface area contributed by atoms with Crippen LogP contribution in [-0.4, -0.2) is 38.9 Å². The lowest BCUT2D eigenvalue weighted by molar-refractivity contribution is -0.138. The second kappa shape index (κ2) is 7.65. The van der Waals surface area contributed by atoms with Gasteiger partial charge >= 0.3 is 5.97 Å². The van der Waals surface area contributed by atoms with Crippen molar-refractivity contribution in [2.24, 2.45) is 5.92 Å². The molecule has 5 nitrogen and oxygen atoms in total. The lowest BCUT2D eigenvalue weighted by Crippen LogP contribution is -2.64. The molecule has 1 aliphatic heterocycles. The monoisotopic (exact) mass is 353 g/mol. The number of carbonyl (C=O) groups is 2. The SMILES string of the molecule is C=C(/C=C/C(=O)OCC)[C@H]1NC(=O)[C@@H]1[C@@H](C)O[Si](C)(C)C(C)(C)C. The summed E-state index contributed by atoms with van der Waals surface area (Å²) in [6.45, 7) is 18.9. The van der Waals surface area contributed by atoms with Crippen molar-refractivity contribution in [2.75, 3.05) is 6.61 Å². The Balaban J connectivity index is 2.75. The molecular formula is C18H31NO4Si. The van der Waals surface area contributed by atoms with Gasteiger partial charge in [0, 0.05) is 6.08 Å². The summed E-state index contributed by atoms with van der Waals surface area (Å²) in [5.41, 5.74) is 0.679. The Kier molecular flexibility index (Phi) is 6.58. The molecule has 1 heterocycles. The largest absolute Gasteiger partial charge is 0.463 e. The van der Waals surface area contributed by atoms with Gasteiger partial charge in [0.05, 0.1) is 24.7 Å². The molecule has 1 fully saturated rings. The normalized spacial score (nSPS) is 22.7. The minimum absolute atomic E-state index is 0.0307.